The summed E-state index contributed by atoms with van der Waals surface area (Å²) in [6, 6.07) is 10.6. The van der Waals surface area contributed by atoms with Gasteiger partial charge in [0.25, 0.3) is 5.91 Å². The first-order chi connectivity index (χ1) is 16.3. The highest BCUT2D eigenvalue weighted by molar-refractivity contribution is 6.36. The molecular weight excluding hydrogens is 480 g/mol. The van der Waals surface area contributed by atoms with E-state index < -0.39 is 18.0 Å². The number of halogens is 3. The van der Waals surface area contributed by atoms with Crippen LogP contribution in [-0.2, 0) is 0 Å². The SMILES string of the molecule is O=C(c1cccc(N2C[C@H](O)[C@@H](O)C2)c1Cl)N1CCN2CC(c3ccc(F)c(Cl)c3)CC[C@@H]2C1. The summed E-state index contributed by atoms with van der Waals surface area (Å²) in [4.78, 5) is 19.5. The minimum absolute atomic E-state index is 0.0979. The summed E-state index contributed by atoms with van der Waals surface area (Å²) in [6.45, 7) is 3.43. The molecular formula is C25H28Cl2FN3O3. The number of anilines is 1. The van der Waals surface area contributed by atoms with E-state index in [4.69, 9.17) is 23.2 Å². The minimum Gasteiger partial charge on any atom is -0.389 e. The van der Waals surface area contributed by atoms with Gasteiger partial charge in [-0.05, 0) is 48.6 Å². The van der Waals surface area contributed by atoms with Gasteiger partial charge in [-0.2, -0.15) is 0 Å². The number of hydrogen-bond donors (Lipinski definition) is 2. The number of piperazine rings is 1. The molecule has 3 fully saturated rings. The van der Waals surface area contributed by atoms with Crippen LogP contribution in [0.1, 0.15) is 34.7 Å². The van der Waals surface area contributed by atoms with Gasteiger partial charge in [0.05, 0.1) is 33.5 Å². The van der Waals surface area contributed by atoms with E-state index in [1.165, 1.54) is 6.07 Å². The van der Waals surface area contributed by atoms with Gasteiger partial charge >= 0.3 is 0 Å². The van der Waals surface area contributed by atoms with E-state index in [9.17, 15) is 19.4 Å². The second-order valence-corrected chi connectivity index (χ2v) is 10.3. The third-order valence-corrected chi connectivity index (χ3v) is 8.11. The number of rotatable bonds is 3. The van der Waals surface area contributed by atoms with Crippen molar-refractivity contribution >= 4 is 34.8 Å². The molecule has 9 heteroatoms. The number of aliphatic hydroxyl groups is 2. The fraction of sp³-hybridized carbons (Fsp3) is 0.480. The van der Waals surface area contributed by atoms with E-state index in [-0.39, 0.29) is 30.1 Å². The van der Waals surface area contributed by atoms with Crippen molar-refractivity contribution in [3.05, 3.63) is 63.4 Å². The van der Waals surface area contributed by atoms with Crippen LogP contribution in [0, 0.1) is 5.82 Å². The first-order valence-electron chi connectivity index (χ1n) is 11.7. The number of carbonyl (C=O) groups is 1. The molecule has 1 amide bonds. The molecule has 2 aromatic rings. The van der Waals surface area contributed by atoms with Crippen molar-refractivity contribution < 1.29 is 19.4 Å². The average molecular weight is 508 g/mol. The zero-order chi connectivity index (χ0) is 24.0. The van der Waals surface area contributed by atoms with Crippen LogP contribution in [0.2, 0.25) is 10.0 Å². The fourth-order valence-corrected chi connectivity index (χ4v) is 5.98. The molecule has 5 rings (SSSR count). The number of carbonyl (C=O) groups excluding carboxylic acids is 1. The quantitative estimate of drug-likeness (QED) is 0.666. The summed E-state index contributed by atoms with van der Waals surface area (Å²) < 4.78 is 13.6. The molecule has 0 aliphatic carbocycles. The van der Waals surface area contributed by atoms with Gasteiger partial charge in [-0.25, -0.2) is 4.39 Å². The lowest BCUT2D eigenvalue weighted by atomic mass is 9.86. The maximum Gasteiger partial charge on any atom is 0.255 e. The van der Waals surface area contributed by atoms with Crippen LogP contribution in [0.25, 0.3) is 0 Å². The van der Waals surface area contributed by atoms with Crippen LogP contribution in [0.3, 0.4) is 0 Å². The van der Waals surface area contributed by atoms with E-state index in [1.54, 1.807) is 18.2 Å². The third-order valence-electron chi connectivity index (χ3n) is 7.42. The van der Waals surface area contributed by atoms with E-state index in [1.807, 2.05) is 21.9 Å². The van der Waals surface area contributed by atoms with E-state index >= 15 is 0 Å². The van der Waals surface area contributed by atoms with Crippen molar-refractivity contribution in [3.8, 4) is 0 Å². The van der Waals surface area contributed by atoms with Crippen LogP contribution in [0.5, 0.6) is 0 Å². The van der Waals surface area contributed by atoms with Crippen LogP contribution in [-0.4, -0.2) is 83.4 Å². The minimum atomic E-state index is -0.829. The number of hydrogen-bond acceptors (Lipinski definition) is 5. The highest BCUT2D eigenvalue weighted by Crippen LogP contribution is 2.35. The molecule has 0 saturated carbocycles. The Morgan fingerprint density at radius 2 is 1.74 bits per heavy atom. The largest absolute Gasteiger partial charge is 0.389 e. The van der Waals surface area contributed by atoms with Crippen LogP contribution >= 0.6 is 23.2 Å². The Morgan fingerprint density at radius 1 is 0.971 bits per heavy atom. The standard InChI is InChI=1S/C25H28Cl2FN3O3/c26-19-10-15(5-7-20(19)28)16-4-6-17-12-30(9-8-29(17)11-16)25(34)18-2-1-3-21(24(18)27)31-13-22(32)23(33)14-31/h1-3,5,7,10,16-17,22-23,32-33H,4,6,8-9,11-14H2/t16?,17-,22+,23+/m1/s1. The molecule has 1 unspecified atom stereocenters. The number of fused-ring (bicyclic) bond motifs is 1. The lowest BCUT2D eigenvalue weighted by molar-refractivity contribution is 0.0329. The van der Waals surface area contributed by atoms with Gasteiger partial charge < -0.3 is 20.0 Å². The van der Waals surface area contributed by atoms with Gasteiger partial charge in [-0.15, -0.1) is 0 Å². The van der Waals surface area contributed by atoms with Gasteiger partial charge in [0.1, 0.15) is 5.82 Å². The first kappa shape index (κ1) is 23.8. The molecule has 0 aromatic heterocycles. The molecule has 6 nitrogen and oxygen atoms in total. The molecule has 4 atom stereocenters. The predicted octanol–water partition coefficient (Wildman–Crippen LogP) is 3.38. The maximum absolute atomic E-state index is 13.6. The maximum atomic E-state index is 13.6. The van der Waals surface area contributed by atoms with Gasteiger partial charge in [0.15, 0.2) is 0 Å². The summed E-state index contributed by atoms with van der Waals surface area (Å²) in [5, 5.41) is 20.3. The molecule has 0 spiro atoms. The monoisotopic (exact) mass is 507 g/mol. The predicted molar refractivity (Wildman–Crippen MR) is 130 cm³/mol. The Balaban J connectivity index is 1.26. The van der Waals surface area contributed by atoms with Gasteiger partial charge in [-0.1, -0.05) is 35.3 Å². The number of β-amino-alcohol motifs (C(OH)–C–C–N with tert-alkyl or cyclic N) is 2. The molecule has 2 N–H and O–H groups in total. The van der Waals surface area contributed by atoms with Crippen molar-refractivity contribution in [1.82, 2.24) is 9.80 Å². The van der Waals surface area contributed by atoms with Crippen LogP contribution in [0.4, 0.5) is 10.1 Å². The normalized spacial score (nSPS) is 27.7. The van der Waals surface area contributed by atoms with E-state index in [2.05, 4.69) is 4.90 Å². The lowest BCUT2D eigenvalue weighted by Crippen LogP contribution is -2.57. The Bertz CT molecular complexity index is 1080. The molecule has 3 heterocycles. The van der Waals surface area contributed by atoms with E-state index in [0.29, 0.717) is 35.3 Å². The number of nitrogens with zero attached hydrogens (tertiary/aromatic N) is 3. The highest BCUT2D eigenvalue weighted by atomic mass is 35.5. The average Bonchev–Trinajstić information content (AvgIpc) is 3.17. The zero-order valence-corrected chi connectivity index (χ0v) is 20.2. The number of aliphatic hydroxyl groups excluding tert-OH is 2. The topological polar surface area (TPSA) is 67.2 Å². The molecule has 34 heavy (non-hydrogen) atoms. The molecule has 0 radical (unpaired) electrons. The summed E-state index contributed by atoms with van der Waals surface area (Å²) in [5.41, 5.74) is 2.16. The summed E-state index contributed by atoms with van der Waals surface area (Å²) in [5.74, 6) is -0.195. The number of amides is 1. The Labute approximate surface area is 208 Å². The summed E-state index contributed by atoms with van der Waals surface area (Å²) >= 11 is 12.6. The second kappa shape index (κ2) is 9.63. The van der Waals surface area contributed by atoms with Gasteiger partial charge in [-0.3, -0.25) is 9.69 Å². The molecule has 3 aliphatic heterocycles. The van der Waals surface area contributed by atoms with Crippen molar-refractivity contribution in [2.75, 3.05) is 44.2 Å². The molecule has 182 valence electrons. The van der Waals surface area contributed by atoms with Crippen LogP contribution in [0.15, 0.2) is 36.4 Å². The summed E-state index contributed by atoms with van der Waals surface area (Å²) in [6.07, 6.45) is 0.246. The van der Waals surface area contributed by atoms with Gasteiger partial charge in [0.2, 0.25) is 0 Å². The molecule has 3 aliphatic rings. The third kappa shape index (κ3) is 4.52. The zero-order valence-electron chi connectivity index (χ0n) is 18.7. The van der Waals surface area contributed by atoms with Crippen molar-refractivity contribution in [2.45, 2.75) is 37.0 Å². The lowest BCUT2D eigenvalue weighted by Gasteiger charge is -2.46. The molecule has 2 aromatic carbocycles. The Hall–Kier alpha value is -1.90. The van der Waals surface area contributed by atoms with Crippen molar-refractivity contribution in [1.29, 1.82) is 0 Å². The summed E-state index contributed by atoms with van der Waals surface area (Å²) in [7, 11) is 0. The second-order valence-electron chi connectivity index (χ2n) is 9.53. The molecule has 3 saturated heterocycles. The smallest absolute Gasteiger partial charge is 0.255 e. The fourth-order valence-electron chi connectivity index (χ4n) is 5.46. The number of benzene rings is 2. The van der Waals surface area contributed by atoms with Crippen LogP contribution < -0.4 is 4.90 Å². The van der Waals surface area contributed by atoms with Crippen molar-refractivity contribution in [2.24, 2.45) is 0 Å². The first-order valence-corrected chi connectivity index (χ1v) is 12.4. The number of piperidine rings is 1. The van der Waals surface area contributed by atoms with E-state index in [0.717, 1.165) is 31.5 Å². The highest BCUT2D eigenvalue weighted by Gasteiger charge is 2.36. The molecule has 0 bridgehead atoms. The Kier molecular flexibility index (Phi) is 6.75. The Morgan fingerprint density at radius 3 is 2.47 bits per heavy atom. The van der Waals surface area contributed by atoms with Gasteiger partial charge in [0, 0.05) is 45.3 Å². The van der Waals surface area contributed by atoms with Crippen molar-refractivity contribution in [3.63, 3.8) is 0 Å².